The van der Waals surface area contributed by atoms with Crippen LogP contribution in [0.25, 0.3) is 0 Å². The molecule has 0 unspecified atom stereocenters. The summed E-state index contributed by atoms with van der Waals surface area (Å²) in [7, 11) is 4.00. The van der Waals surface area contributed by atoms with Crippen LogP contribution in [0.15, 0.2) is 0 Å². The highest BCUT2D eigenvalue weighted by atomic mass is 16.6. The van der Waals surface area contributed by atoms with Crippen LogP contribution in [0.2, 0.25) is 0 Å². The van der Waals surface area contributed by atoms with Gasteiger partial charge in [0.05, 0.1) is 12.1 Å². The molecule has 0 radical (unpaired) electrons. The number of carbonyl (C=O) groups excluding carboxylic acids is 1. The summed E-state index contributed by atoms with van der Waals surface area (Å²) >= 11 is 0. The molecule has 0 aromatic carbocycles. The van der Waals surface area contributed by atoms with Crippen LogP contribution in [0.1, 0.15) is 19.3 Å². The molecule has 2 aliphatic heterocycles. The van der Waals surface area contributed by atoms with Crippen LogP contribution >= 0.6 is 0 Å². The smallest absolute Gasteiger partial charge is 0.409 e. The van der Waals surface area contributed by atoms with E-state index in [1.54, 1.807) is 0 Å². The lowest BCUT2D eigenvalue weighted by Gasteiger charge is -2.48. The van der Waals surface area contributed by atoms with Gasteiger partial charge in [-0.2, -0.15) is 0 Å². The number of rotatable bonds is 0. The molecule has 0 saturated carbocycles. The highest BCUT2D eigenvalue weighted by Crippen LogP contribution is 2.33. The molecule has 0 bridgehead atoms. The fourth-order valence-electron chi connectivity index (χ4n) is 2.41. The Morgan fingerprint density at radius 2 is 1.86 bits per heavy atom. The lowest BCUT2D eigenvalue weighted by atomic mass is 9.83. The lowest BCUT2D eigenvalue weighted by molar-refractivity contribution is -0.0199. The zero-order valence-electron chi connectivity index (χ0n) is 8.95. The summed E-state index contributed by atoms with van der Waals surface area (Å²) in [6.07, 6.45) is 2.99. The average Bonchev–Trinajstić information content (AvgIpc) is 2.19. The number of piperidine rings is 1. The number of cyclic esters (lactones) is 1. The number of amides is 1. The van der Waals surface area contributed by atoms with Crippen molar-refractivity contribution in [3.8, 4) is 0 Å². The Morgan fingerprint density at radius 3 is 2.50 bits per heavy atom. The van der Waals surface area contributed by atoms with Gasteiger partial charge in [0.25, 0.3) is 0 Å². The van der Waals surface area contributed by atoms with E-state index >= 15 is 0 Å². The summed E-state index contributed by atoms with van der Waals surface area (Å²) in [5.41, 5.74) is 0.0852. The Bertz CT molecular complexity index is 234. The van der Waals surface area contributed by atoms with Crippen molar-refractivity contribution in [3.63, 3.8) is 0 Å². The van der Waals surface area contributed by atoms with Crippen molar-refractivity contribution in [2.45, 2.75) is 24.8 Å². The van der Waals surface area contributed by atoms with Gasteiger partial charge in [-0.25, -0.2) is 4.79 Å². The van der Waals surface area contributed by atoms with E-state index in [0.29, 0.717) is 6.61 Å². The molecule has 0 aliphatic carbocycles. The normalized spacial score (nSPS) is 27.9. The third-order valence-electron chi connectivity index (χ3n) is 3.70. The SMILES string of the molecule is CN1CCC2(CCOC(=O)N2C)CC1. The third-order valence-corrected chi connectivity index (χ3v) is 3.70. The van der Waals surface area contributed by atoms with Crippen LogP contribution in [0.3, 0.4) is 0 Å². The number of likely N-dealkylation sites (tertiary alicyclic amines) is 1. The molecule has 0 aromatic heterocycles. The molecule has 2 rings (SSSR count). The molecule has 80 valence electrons. The Morgan fingerprint density at radius 1 is 1.21 bits per heavy atom. The van der Waals surface area contributed by atoms with E-state index in [-0.39, 0.29) is 11.6 Å². The summed E-state index contributed by atoms with van der Waals surface area (Å²) in [5.74, 6) is 0. The van der Waals surface area contributed by atoms with Gasteiger partial charge in [0, 0.05) is 26.6 Å². The molecule has 4 nitrogen and oxygen atoms in total. The second-order valence-corrected chi connectivity index (χ2v) is 4.45. The second-order valence-electron chi connectivity index (χ2n) is 4.45. The molecule has 2 saturated heterocycles. The van der Waals surface area contributed by atoms with Crippen molar-refractivity contribution in [1.82, 2.24) is 9.80 Å². The predicted molar refractivity (Wildman–Crippen MR) is 53.2 cm³/mol. The van der Waals surface area contributed by atoms with Crippen molar-refractivity contribution >= 4 is 6.09 Å². The van der Waals surface area contributed by atoms with Gasteiger partial charge in [0.1, 0.15) is 0 Å². The molecule has 1 amide bonds. The second kappa shape index (κ2) is 3.42. The van der Waals surface area contributed by atoms with Crippen LogP contribution in [0.5, 0.6) is 0 Å². The molecule has 2 fully saturated rings. The topological polar surface area (TPSA) is 32.8 Å². The minimum absolute atomic E-state index is 0.0852. The van der Waals surface area contributed by atoms with Gasteiger partial charge in [-0.3, -0.25) is 0 Å². The number of nitrogens with zero attached hydrogens (tertiary/aromatic N) is 2. The number of hydrogen-bond acceptors (Lipinski definition) is 3. The highest BCUT2D eigenvalue weighted by molar-refractivity contribution is 5.69. The van der Waals surface area contributed by atoms with Gasteiger partial charge in [-0.05, 0) is 19.9 Å². The van der Waals surface area contributed by atoms with Gasteiger partial charge < -0.3 is 14.5 Å². The van der Waals surface area contributed by atoms with Gasteiger partial charge in [-0.1, -0.05) is 0 Å². The standard InChI is InChI=1S/C10H18N2O2/c1-11-6-3-10(4-7-11)5-8-14-9(13)12(10)2/h3-8H2,1-2H3. The lowest BCUT2D eigenvalue weighted by Crippen LogP contribution is -2.58. The maximum atomic E-state index is 11.4. The van der Waals surface area contributed by atoms with Gasteiger partial charge in [0.15, 0.2) is 0 Å². The summed E-state index contributed by atoms with van der Waals surface area (Å²) in [6, 6.07) is 0. The maximum Gasteiger partial charge on any atom is 0.409 e. The van der Waals surface area contributed by atoms with Crippen molar-refractivity contribution in [3.05, 3.63) is 0 Å². The molecule has 2 aliphatic rings. The summed E-state index contributed by atoms with van der Waals surface area (Å²) in [4.78, 5) is 15.6. The van der Waals surface area contributed by atoms with Gasteiger partial charge in [-0.15, -0.1) is 0 Å². The van der Waals surface area contributed by atoms with E-state index in [4.69, 9.17) is 4.74 Å². The number of carbonyl (C=O) groups is 1. The molecular weight excluding hydrogens is 180 g/mol. The molecule has 0 atom stereocenters. The first-order valence-corrected chi connectivity index (χ1v) is 5.23. The molecule has 2 heterocycles. The monoisotopic (exact) mass is 198 g/mol. The summed E-state index contributed by atoms with van der Waals surface area (Å²) < 4.78 is 5.02. The minimum atomic E-state index is -0.152. The molecule has 0 aromatic rings. The van der Waals surface area contributed by atoms with E-state index in [0.717, 1.165) is 32.4 Å². The predicted octanol–water partition coefficient (Wildman–Crippen LogP) is 0.923. The van der Waals surface area contributed by atoms with E-state index in [2.05, 4.69) is 11.9 Å². The first-order chi connectivity index (χ1) is 6.64. The first kappa shape index (κ1) is 9.77. The number of ether oxygens (including phenoxy) is 1. The zero-order chi connectivity index (χ0) is 10.2. The minimum Gasteiger partial charge on any atom is -0.449 e. The zero-order valence-corrected chi connectivity index (χ0v) is 8.95. The number of hydrogen-bond donors (Lipinski definition) is 0. The van der Waals surface area contributed by atoms with E-state index in [1.807, 2.05) is 11.9 Å². The molecule has 14 heavy (non-hydrogen) atoms. The molecular formula is C10H18N2O2. The third kappa shape index (κ3) is 1.47. The fraction of sp³-hybridized carbons (Fsp3) is 0.900. The van der Waals surface area contributed by atoms with E-state index in [1.165, 1.54) is 0 Å². The van der Waals surface area contributed by atoms with E-state index < -0.39 is 0 Å². The van der Waals surface area contributed by atoms with Crippen LogP contribution in [-0.4, -0.2) is 55.2 Å². The Hall–Kier alpha value is -0.770. The van der Waals surface area contributed by atoms with Gasteiger partial charge >= 0.3 is 6.09 Å². The first-order valence-electron chi connectivity index (χ1n) is 5.23. The Balaban J connectivity index is 2.10. The van der Waals surface area contributed by atoms with Crippen molar-refractivity contribution in [2.24, 2.45) is 0 Å². The van der Waals surface area contributed by atoms with Crippen molar-refractivity contribution in [1.29, 1.82) is 0 Å². The molecule has 0 N–H and O–H groups in total. The maximum absolute atomic E-state index is 11.4. The molecule has 4 heteroatoms. The van der Waals surface area contributed by atoms with Crippen LogP contribution in [0, 0.1) is 0 Å². The van der Waals surface area contributed by atoms with E-state index in [9.17, 15) is 4.79 Å². The Kier molecular flexibility index (Phi) is 2.39. The van der Waals surface area contributed by atoms with Crippen molar-refractivity contribution < 1.29 is 9.53 Å². The van der Waals surface area contributed by atoms with Crippen LogP contribution < -0.4 is 0 Å². The Labute approximate surface area is 84.8 Å². The highest BCUT2D eigenvalue weighted by Gasteiger charge is 2.42. The van der Waals surface area contributed by atoms with Gasteiger partial charge in [0.2, 0.25) is 0 Å². The largest absolute Gasteiger partial charge is 0.449 e. The van der Waals surface area contributed by atoms with Crippen LogP contribution in [0.4, 0.5) is 4.79 Å². The summed E-state index contributed by atoms with van der Waals surface area (Å²) in [5, 5.41) is 0. The molecule has 1 spiro atoms. The van der Waals surface area contributed by atoms with Crippen LogP contribution in [-0.2, 0) is 4.74 Å². The quantitative estimate of drug-likeness (QED) is 0.580. The van der Waals surface area contributed by atoms with Crippen molar-refractivity contribution in [2.75, 3.05) is 33.8 Å². The average molecular weight is 198 g/mol. The summed E-state index contributed by atoms with van der Waals surface area (Å²) in [6.45, 7) is 2.75. The fourth-order valence-corrected chi connectivity index (χ4v) is 2.41.